The summed E-state index contributed by atoms with van der Waals surface area (Å²) in [6.07, 6.45) is 5.97. The van der Waals surface area contributed by atoms with Crippen LogP contribution in [0.1, 0.15) is 0 Å². The molecule has 0 heterocycles. The molecule has 100 valence electrons. The van der Waals surface area contributed by atoms with Crippen molar-refractivity contribution < 1.29 is 26.8 Å². The lowest BCUT2D eigenvalue weighted by molar-refractivity contribution is 0.0146. The molecule has 0 radical (unpaired) electrons. The Balaban J connectivity index is 3.07. The Kier molecular flexibility index (Phi) is 10.1. The first kappa shape index (κ1) is 16.4. The summed E-state index contributed by atoms with van der Waals surface area (Å²) in [7, 11) is -3.38. The first-order valence-electron chi connectivity index (χ1n) is 5.07. The second-order valence-corrected chi connectivity index (χ2v) is 4.65. The van der Waals surface area contributed by atoms with E-state index in [0.717, 1.165) is 6.26 Å². The topological polar surface area (TPSA) is 71.1 Å². The van der Waals surface area contributed by atoms with Crippen molar-refractivity contribution in [2.75, 3.05) is 52.5 Å². The van der Waals surface area contributed by atoms with Crippen LogP contribution in [0.5, 0.6) is 0 Å². The molecule has 0 aliphatic carbocycles. The van der Waals surface area contributed by atoms with Gasteiger partial charge >= 0.3 is 0 Å². The van der Waals surface area contributed by atoms with Crippen molar-refractivity contribution in [2.24, 2.45) is 0 Å². The fraction of sp³-hybridized carbons (Fsp3) is 0.800. The van der Waals surface area contributed by atoms with E-state index in [0.29, 0.717) is 26.4 Å². The van der Waals surface area contributed by atoms with E-state index in [9.17, 15) is 8.42 Å². The van der Waals surface area contributed by atoms with Crippen LogP contribution in [-0.4, -0.2) is 60.9 Å². The number of hydrogen-bond acceptors (Lipinski definition) is 6. The van der Waals surface area contributed by atoms with Gasteiger partial charge in [0.05, 0.1) is 45.9 Å². The van der Waals surface area contributed by atoms with Crippen molar-refractivity contribution in [3.05, 3.63) is 0 Å². The van der Waals surface area contributed by atoms with E-state index >= 15 is 0 Å². The second kappa shape index (κ2) is 10.5. The van der Waals surface area contributed by atoms with Crippen LogP contribution in [0, 0.1) is 12.3 Å². The lowest BCUT2D eigenvalue weighted by atomic mass is 10.7. The standard InChI is InChI=1S/C10H18O6S/c1-3-4-13-5-6-14-7-8-15-9-10-16-17(2,11)12/h1H,4-10H2,2H3. The van der Waals surface area contributed by atoms with Gasteiger partial charge in [0, 0.05) is 0 Å². The Hall–Kier alpha value is -0.650. The molecule has 0 bridgehead atoms. The Morgan fingerprint density at radius 3 is 1.88 bits per heavy atom. The maximum Gasteiger partial charge on any atom is 0.264 e. The molecule has 7 heteroatoms. The molecule has 0 unspecified atom stereocenters. The highest BCUT2D eigenvalue weighted by molar-refractivity contribution is 7.85. The highest BCUT2D eigenvalue weighted by Gasteiger charge is 2.00. The Bertz CT molecular complexity index is 305. The molecule has 0 aliphatic rings. The summed E-state index contributed by atoms with van der Waals surface area (Å²) in [4.78, 5) is 0. The van der Waals surface area contributed by atoms with Crippen LogP contribution in [0.2, 0.25) is 0 Å². The predicted octanol–water partition coefficient (Wildman–Crippen LogP) is -0.354. The van der Waals surface area contributed by atoms with Crippen molar-refractivity contribution in [2.45, 2.75) is 0 Å². The zero-order chi connectivity index (χ0) is 13.0. The number of hydrogen-bond donors (Lipinski definition) is 0. The van der Waals surface area contributed by atoms with Gasteiger partial charge in [0.25, 0.3) is 10.1 Å². The number of ether oxygens (including phenoxy) is 3. The summed E-state index contributed by atoms with van der Waals surface area (Å²) in [6, 6.07) is 0. The third kappa shape index (κ3) is 15.4. The summed E-state index contributed by atoms with van der Waals surface area (Å²) in [5, 5.41) is 0. The quantitative estimate of drug-likeness (QED) is 0.289. The lowest BCUT2D eigenvalue weighted by Gasteiger charge is -2.05. The molecule has 0 aliphatic heterocycles. The molecule has 0 saturated heterocycles. The first-order valence-corrected chi connectivity index (χ1v) is 6.89. The van der Waals surface area contributed by atoms with Gasteiger partial charge in [-0.25, -0.2) is 0 Å². The minimum Gasteiger partial charge on any atom is -0.377 e. The van der Waals surface area contributed by atoms with Crippen molar-refractivity contribution in [3.8, 4) is 12.3 Å². The van der Waals surface area contributed by atoms with Crippen LogP contribution in [-0.2, 0) is 28.5 Å². The van der Waals surface area contributed by atoms with Crippen molar-refractivity contribution in [1.82, 2.24) is 0 Å². The molecule has 0 aromatic heterocycles. The summed E-state index contributed by atoms with van der Waals surface area (Å²) >= 11 is 0. The normalized spacial score (nSPS) is 11.3. The van der Waals surface area contributed by atoms with Gasteiger partial charge in [-0.2, -0.15) is 8.42 Å². The van der Waals surface area contributed by atoms with Crippen molar-refractivity contribution in [3.63, 3.8) is 0 Å². The van der Waals surface area contributed by atoms with Crippen LogP contribution >= 0.6 is 0 Å². The Morgan fingerprint density at radius 2 is 1.41 bits per heavy atom. The molecular formula is C10H18O6S. The second-order valence-electron chi connectivity index (χ2n) is 3.01. The van der Waals surface area contributed by atoms with E-state index in [1.54, 1.807) is 0 Å². The lowest BCUT2D eigenvalue weighted by Crippen LogP contribution is -2.13. The fourth-order valence-corrected chi connectivity index (χ4v) is 1.19. The Labute approximate surface area is 102 Å². The predicted molar refractivity (Wildman–Crippen MR) is 62.1 cm³/mol. The van der Waals surface area contributed by atoms with E-state index in [1.165, 1.54) is 0 Å². The molecule has 0 N–H and O–H groups in total. The summed E-state index contributed by atoms with van der Waals surface area (Å²) in [6.45, 7) is 2.20. The highest BCUT2D eigenvalue weighted by atomic mass is 32.2. The average Bonchev–Trinajstić information content (AvgIpc) is 2.24. The first-order chi connectivity index (χ1) is 8.06. The molecule has 0 aromatic rings. The van der Waals surface area contributed by atoms with E-state index in [2.05, 4.69) is 10.1 Å². The number of terminal acetylenes is 1. The molecule has 0 fully saturated rings. The molecule has 0 atom stereocenters. The van der Waals surface area contributed by atoms with Crippen molar-refractivity contribution >= 4 is 10.1 Å². The molecule has 0 aromatic carbocycles. The fourth-order valence-electron chi connectivity index (χ4n) is 0.815. The Morgan fingerprint density at radius 1 is 0.941 bits per heavy atom. The molecule has 17 heavy (non-hydrogen) atoms. The zero-order valence-electron chi connectivity index (χ0n) is 9.88. The molecule has 6 nitrogen and oxygen atoms in total. The third-order valence-electron chi connectivity index (χ3n) is 1.45. The minimum atomic E-state index is -3.38. The van der Waals surface area contributed by atoms with Crippen LogP contribution in [0.25, 0.3) is 0 Å². The van der Waals surface area contributed by atoms with Gasteiger partial charge in [-0.1, -0.05) is 5.92 Å². The zero-order valence-corrected chi connectivity index (χ0v) is 10.7. The van der Waals surface area contributed by atoms with Gasteiger partial charge in [-0.15, -0.1) is 6.42 Å². The third-order valence-corrected chi connectivity index (χ3v) is 2.05. The van der Waals surface area contributed by atoms with Gasteiger partial charge in [-0.05, 0) is 0 Å². The maximum absolute atomic E-state index is 10.6. The van der Waals surface area contributed by atoms with Crippen LogP contribution in [0.3, 0.4) is 0 Å². The van der Waals surface area contributed by atoms with Crippen LogP contribution < -0.4 is 0 Å². The van der Waals surface area contributed by atoms with Crippen LogP contribution in [0.4, 0.5) is 0 Å². The minimum absolute atomic E-state index is 0.0180. The molecule has 0 rings (SSSR count). The van der Waals surface area contributed by atoms with Gasteiger partial charge in [0.2, 0.25) is 0 Å². The van der Waals surface area contributed by atoms with E-state index < -0.39 is 10.1 Å². The molecule has 0 spiro atoms. The molecule has 0 amide bonds. The number of rotatable bonds is 11. The summed E-state index contributed by atoms with van der Waals surface area (Å²) in [5.74, 6) is 2.34. The molecule has 0 saturated carbocycles. The molecular weight excluding hydrogens is 248 g/mol. The SMILES string of the molecule is C#CCOCCOCCOCCOS(C)(=O)=O. The van der Waals surface area contributed by atoms with Gasteiger partial charge < -0.3 is 14.2 Å². The van der Waals surface area contributed by atoms with Gasteiger partial charge in [0.1, 0.15) is 6.61 Å². The monoisotopic (exact) mass is 266 g/mol. The van der Waals surface area contributed by atoms with E-state index in [1.807, 2.05) is 0 Å². The van der Waals surface area contributed by atoms with E-state index in [-0.39, 0.29) is 19.8 Å². The summed E-state index contributed by atoms with van der Waals surface area (Å²) < 4.78 is 40.8. The van der Waals surface area contributed by atoms with Gasteiger partial charge in [-0.3, -0.25) is 4.18 Å². The largest absolute Gasteiger partial charge is 0.377 e. The average molecular weight is 266 g/mol. The van der Waals surface area contributed by atoms with Crippen LogP contribution in [0.15, 0.2) is 0 Å². The highest BCUT2D eigenvalue weighted by Crippen LogP contribution is 1.87. The smallest absolute Gasteiger partial charge is 0.264 e. The van der Waals surface area contributed by atoms with Crippen molar-refractivity contribution in [1.29, 1.82) is 0 Å². The van der Waals surface area contributed by atoms with Gasteiger partial charge in [0.15, 0.2) is 0 Å². The van der Waals surface area contributed by atoms with E-state index in [4.69, 9.17) is 20.6 Å². The summed E-state index contributed by atoms with van der Waals surface area (Å²) in [5.41, 5.74) is 0. The maximum atomic E-state index is 10.6.